The van der Waals surface area contributed by atoms with Gasteiger partial charge >= 0.3 is 0 Å². The Balaban J connectivity index is 1.92. The minimum atomic E-state index is -1.25. The van der Waals surface area contributed by atoms with Crippen LogP contribution in [0.2, 0.25) is 5.02 Å². The largest absolute Gasteiger partial charge is 0.488 e. The summed E-state index contributed by atoms with van der Waals surface area (Å²) in [7, 11) is 0. The molecule has 0 radical (unpaired) electrons. The second-order valence-corrected chi connectivity index (χ2v) is 5.71. The molecule has 2 aromatic carbocycles. The summed E-state index contributed by atoms with van der Waals surface area (Å²) in [6, 6.07) is 7.39. The Labute approximate surface area is 148 Å². The molecule has 130 valence electrons. The van der Waals surface area contributed by atoms with Crippen molar-refractivity contribution in [2.75, 3.05) is 13.2 Å². The quantitative estimate of drug-likeness (QED) is 0.770. The smallest absolute Gasteiger partial charge is 0.258 e. The highest BCUT2D eigenvalue weighted by Gasteiger charge is 2.21. The van der Waals surface area contributed by atoms with Gasteiger partial charge in [0.25, 0.3) is 5.91 Å². The average Bonchev–Trinajstić information content (AvgIpc) is 2.59. The number of halogens is 3. The molecule has 2 aliphatic rings. The van der Waals surface area contributed by atoms with Crippen LogP contribution < -0.4 is 14.8 Å². The van der Waals surface area contributed by atoms with Crippen LogP contribution in [0.15, 0.2) is 42.7 Å². The number of nitrogens with one attached hydrogen (secondary N) is 1. The molecule has 0 saturated heterocycles. The lowest BCUT2D eigenvalue weighted by molar-refractivity contribution is 0.0946. The molecule has 0 fully saturated rings. The van der Waals surface area contributed by atoms with Crippen molar-refractivity contribution >= 4 is 17.5 Å². The van der Waals surface area contributed by atoms with Gasteiger partial charge in [-0.25, -0.2) is 8.78 Å². The maximum absolute atomic E-state index is 14.1. The summed E-state index contributed by atoms with van der Waals surface area (Å²) in [5.41, 5.74) is 0.396. The predicted molar refractivity (Wildman–Crippen MR) is 89.1 cm³/mol. The Morgan fingerprint density at radius 2 is 1.92 bits per heavy atom. The second-order valence-electron chi connectivity index (χ2n) is 5.31. The Morgan fingerprint density at radius 1 is 1.12 bits per heavy atom. The number of benzene rings is 2. The highest BCUT2D eigenvalue weighted by atomic mass is 35.5. The number of amides is 1. The number of hydrogen-bond acceptors (Lipinski definition) is 3. The van der Waals surface area contributed by atoms with Gasteiger partial charge in [0, 0.05) is 6.54 Å². The normalized spacial score (nSPS) is 14.6. The summed E-state index contributed by atoms with van der Waals surface area (Å²) in [6.45, 7) is 0.380. The van der Waals surface area contributed by atoms with Crippen molar-refractivity contribution in [2.24, 2.45) is 0 Å². The molecule has 7 heteroatoms. The molecule has 0 unspecified atom stereocenters. The third-order valence-corrected chi connectivity index (χ3v) is 3.90. The minimum absolute atomic E-state index is 0.0833. The molecule has 0 atom stereocenters. The molecule has 0 saturated carbocycles. The number of hydrogen-bond donors (Lipinski definition) is 1. The summed E-state index contributed by atoms with van der Waals surface area (Å²) in [6.07, 6.45) is 3.23. The maximum atomic E-state index is 14.1. The Kier molecular flexibility index (Phi) is 5.19. The predicted octanol–water partition coefficient (Wildman–Crippen LogP) is 3.88. The van der Waals surface area contributed by atoms with Crippen LogP contribution in [0.25, 0.3) is 0 Å². The van der Waals surface area contributed by atoms with Gasteiger partial charge in [-0.05, 0) is 42.3 Å². The molecular weight excluding hydrogens is 352 g/mol. The van der Waals surface area contributed by atoms with Gasteiger partial charge in [-0.1, -0.05) is 17.7 Å². The van der Waals surface area contributed by atoms with Gasteiger partial charge in [-0.3, -0.25) is 4.79 Å². The molecule has 2 aliphatic heterocycles. The molecule has 1 N–H and O–H groups in total. The van der Waals surface area contributed by atoms with Crippen LogP contribution in [0.3, 0.4) is 0 Å². The van der Waals surface area contributed by atoms with Crippen molar-refractivity contribution in [3.05, 3.63) is 70.5 Å². The Bertz CT molecular complexity index is 839. The van der Waals surface area contributed by atoms with Crippen LogP contribution in [0.5, 0.6) is 11.5 Å². The van der Waals surface area contributed by atoms with E-state index < -0.39 is 23.1 Å². The molecule has 4 nitrogen and oxygen atoms in total. The first kappa shape index (κ1) is 17.2. The van der Waals surface area contributed by atoms with E-state index in [4.69, 9.17) is 21.1 Å². The number of rotatable bonds is 0. The average molecular weight is 366 g/mol. The van der Waals surface area contributed by atoms with Crippen LogP contribution in [-0.4, -0.2) is 19.1 Å². The fourth-order valence-electron chi connectivity index (χ4n) is 2.37. The minimum Gasteiger partial charge on any atom is -0.488 e. The lowest BCUT2D eigenvalue weighted by Crippen LogP contribution is -2.27. The molecule has 4 rings (SSSR count). The number of fused-ring (bicyclic) bond motifs is 8. The first-order valence-corrected chi connectivity index (χ1v) is 7.93. The SMILES string of the molecule is O=C1NCCc2ccc(c(Cl)c2)OCC=COc2ccc(F)c(F)c21. The van der Waals surface area contributed by atoms with E-state index in [1.807, 2.05) is 6.07 Å². The van der Waals surface area contributed by atoms with Crippen LogP contribution in [0, 0.1) is 11.6 Å². The summed E-state index contributed by atoms with van der Waals surface area (Å²) in [4.78, 5) is 12.3. The molecule has 0 spiro atoms. The van der Waals surface area contributed by atoms with Gasteiger partial charge in [-0.2, -0.15) is 0 Å². The summed E-state index contributed by atoms with van der Waals surface area (Å²) in [5, 5.41) is 3.01. The van der Waals surface area contributed by atoms with Crippen molar-refractivity contribution in [2.45, 2.75) is 6.42 Å². The van der Waals surface area contributed by atoms with Crippen LogP contribution in [0.1, 0.15) is 15.9 Å². The van der Waals surface area contributed by atoms with Crippen molar-refractivity contribution in [1.82, 2.24) is 5.32 Å². The van der Waals surface area contributed by atoms with E-state index in [0.29, 0.717) is 17.2 Å². The van der Waals surface area contributed by atoms with Gasteiger partial charge in [0.05, 0.1) is 11.3 Å². The van der Waals surface area contributed by atoms with Crippen molar-refractivity contribution in [3.8, 4) is 11.5 Å². The Hall–Kier alpha value is -2.60. The molecule has 2 aromatic rings. The van der Waals surface area contributed by atoms with Gasteiger partial charge in [0.1, 0.15) is 23.7 Å². The summed E-state index contributed by atoms with van der Waals surface area (Å²) in [5.74, 6) is -2.70. The third kappa shape index (κ3) is 3.91. The van der Waals surface area contributed by atoms with Crippen molar-refractivity contribution in [1.29, 1.82) is 0 Å². The molecule has 0 aromatic heterocycles. The standard InChI is InChI=1S/C18H14ClF2NO3/c19-12-10-11-2-4-14(12)24-8-1-9-25-15-5-3-13(20)17(21)16(15)18(23)22-7-6-11/h1-5,9-10H,6-8H2,(H,22,23). The van der Waals surface area contributed by atoms with Crippen LogP contribution >= 0.6 is 11.6 Å². The number of ether oxygens (including phenoxy) is 2. The van der Waals surface area contributed by atoms with Gasteiger partial charge < -0.3 is 14.8 Å². The van der Waals surface area contributed by atoms with E-state index in [9.17, 15) is 13.6 Å². The van der Waals surface area contributed by atoms with E-state index in [2.05, 4.69) is 5.32 Å². The Morgan fingerprint density at radius 3 is 2.72 bits per heavy atom. The van der Waals surface area contributed by atoms with Gasteiger partial charge in [0.15, 0.2) is 11.6 Å². The number of carbonyl (C=O) groups is 1. The van der Waals surface area contributed by atoms with E-state index in [-0.39, 0.29) is 18.9 Å². The molecule has 2 bridgehead atoms. The lowest BCUT2D eigenvalue weighted by Gasteiger charge is -2.11. The molecule has 2 heterocycles. The summed E-state index contributed by atoms with van der Waals surface area (Å²) >= 11 is 6.15. The first-order chi connectivity index (χ1) is 12.1. The number of carbonyl (C=O) groups excluding carboxylic acids is 1. The summed E-state index contributed by atoms with van der Waals surface area (Å²) < 4.78 is 38.3. The maximum Gasteiger partial charge on any atom is 0.258 e. The van der Waals surface area contributed by atoms with E-state index >= 15 is 0 Å². The van der Waals surface area contributed by atoms with Gasteiger partial charge in [-0.15, -0.1) is 0 Å². The third-order valence-electron chi connectivity index (χ3n) is 3.61. The zero-order chi connectivity index (χ0) is 17.8. The van der Waals surface area contributed by atoms with Crippen molar-refractivity contribution in [3.63, 3.8) is 0 Å². The lowest BCUT2D eigenvalue weighted by atomic mass is 10.1. The molecule has 25 heavy (non-hydrogen) atoms. The van der Waals surface area contributed by atoms with E-state index in [1.165, 1.54) is 18.4 Å². The fraction of sp³-hybridized carbons (Fsp3) is 0.167. The second kappa shape index (κ2) is 7.53. The van der Waals surface area contributed by atoms with Crippen LogP contribution in [-0.2, 0) is 6.42 Å². The molecule has 0 aliphatic carbocycles. The monoisotopic (exact) mass is 365 g/mol. The van der Waals surface area contributed by atoms with Crippen LogP contribution in [0.4, 0.5) is 8.78 Å². The fourth-order valence-corrected chi connectivity index (χ4v) is 2.62. The highest BCUT2D eigenvalue weighted by molar-refractivity contribution is 6.32. The highest BCUT2D eigenvalue weighted by Crippen LogP contribution is 2.27. The molecule has 1 amide bonds. The van der Waals surface area contributed by atoms with Crippen molar-refractivity contribution < 1.29 is 23.0 Å². The van der Waals surface area contributed by atoms with E-state index in [1.54, 1.807) is 12.1 Å². The van der Waals surface area contributed by atoms with E-state index in [0.717, 1.165) is 11.6 Å². The molecular formula is C18H14ClF2NO3. The first-order valence-electron chi connectivity index (χ1n) is 7.55. The zero-order valence-corrected chi connectivity index (χ0v) is 13.8. The van der Waals surface area contributed by atoms with Gasteiger partial charge in [0.2, 0.25) is 0 Å². The zero-order valence-electron chi connectivity index (χ0n) is 13.0. The topological polar surface area (TPSA) is 47.6 Å².